The zero-order valence-corrected chi connectivity index (χ0v) is 23.4. The zero-order valence-electron chi connectivity index (χ0n) is 23.4. The molecular weight excluding hydrogens is 422 g/mol. The van der Waals surface area contributed by atoms with Gasteiger partial charge in [-0.3, -0.25) is 0 Å². The van der Waals surface area contributed by atoms with Crippen LogP contribution >= 0.6 is 0 Å². The Morgan fingerprint density at radius 3 is 1.03 bits per heavy atom. The van der Waals surface area contributed by atoms with Gasteiger partial charge in [-0.1, -0.05) is 162 Å². The molecule has 0 aromatic carbocycles. The van der Waals surface area contributed by atoms with Gasteiger partial charge in [0.1, 0.15) is 0 Å². The van der Waals surface area contributed by atoms with Gasteiger partial charge < -0.3 is 10.6 Å². The lowest BCUT2D eigenvalue weighted by Crippen LogP contribution is -1.99. The van der Waals surface area contributed by atoms with Gasteiger partial charge in [-0.25, -0.2) is 4.79 Å². The summed E-state index contributed by atoms with van der Waals surface area (Å²) in [5, 5.41) is 8.10. The maximum atomic E-state index is 10.7. The lowest BCUT2D eigenvalue weighted by molar-refractivity contribution is -0.234. The Balaban J connectivity index is 0. The summed E-state index contributed by atoms with van der Waals surface area (Å²) in [6, 6.07) is 0. The smallest absolute Gasteiger partial charge is 0.330 e. The molecule has 0 rings (SSSR count). The Kier molecular flexibility index (Phi) is 36.1. The molecule has 4 heteroatoms. The van der Waals surface area contributed by atoms with E-state index in [0.717, 1.165) is 19.4 Å². The molecule has 0 spiro atoms. The second-order valence-corrected chi connectivity index (χ2v) is 10.1. The fraction of sp³-hybridized carbons (Fsp3) is 0.967. The van der Waals surface area contributed by atoms with Crippen molar-refractivity contribution in [1.29, 1.82) is 0 Å². The summed E-state index contributed by atoms with van der Waals surface area (Å²) >= 11 is 0. The van der Waals surface area contributed by atoms with Crippen LogP contribution < -0.4 is 5.73 Å². The number of unbranched alkanes of at least 4 members (excludes halogenated alkanes) is 23. The van der Waals surface area contributed by atoms with Gasteiger partial charge in [0.25, 0.3) is 0 Å². The number of carbonyl (C=O) groups excluding carboxylic acids is 1. The highest BCUT2D eigenvalue weighted by molar-refractivity contribution is 5.68. The van der Waals surface area contributed by atoms with Crippen LogP contribution in [0.4, 0.5) is 0 Å². The van der Waals surface area contributed by atoms with Crippen LogP contribution in [0.15, 0.2) is 0 Å². The van der Waals surface area contributed by atoms with Crippen LogP contribution in [0.3, 0.4) is 0 Å². The fourth-order valence-corrected chi connectivity index (χ4v) is 4.32. The summed E-state index contributed by atoms with van der Waals surface area (Å²) in [6.07, 6.45) is 33.9. The minimum atomic E-state index is -0.510. The summed E-state index contributed by atoms with van der Waals surface area (Å²) in [5.74, 6) is -0.510. The van der Waals surface area contributed by atoms with Crippen LogP contribution in [0.25, 0.3) is 0 Å². The highest BCUT2D eigenvalue weighted by Crippen LogP contribution is 2.14. The molecule has 0 aromatic rings. The lowest BCUT2D eigenvalue weighted by atomic mass is 10.0. The SMILES string of the molecule is CCCCCCCCCCCCCCCCCC(=O)OO.CCCCCCCCCCCCN. The van der Waals surface area contributed by atoms with E-state index in [0.29, 0.717) is 6.42 Å². The van der Waals surface area contributed by atoms with Crippen molar-refractivity contribution < 1.29 is 14.9 Å². The van der Waals surface area contributed by atoms with Crippen molar-refractivity contribution in [3.05, 3.63) is 0 Å². The van der Waals surface area contributed by atoms with Gasteiger partial charge in [0.2, 0.25) is 0 Å². The fourth-order valence-electron chi connectivity index (χ4n) is 4.32. The van der Waals surface area contributed by atoms with Crippen molar-refractivity contribution in [2.75, 3.05) is 6.54 Å². The van der Waals surface area contributed by atoms with E-state index in [1.54, 1.807) is 0 Å². The molecule has 206 valence electrons. The number of rotatable bonds is 26. The number of nitrogens with two attached hydrogens (primary N) is 1. The molecule has 0 aromatic heterocycles. The molecule has 0 amide bonds. The van der Waals surface area contributed by atoms with E-state index in [1.807, 2.05) is 0 Å². The van der Waals surface area contributed by atoms with Gasteiger partial charge in [0.15, 0.2) is 0 Å². The van der Waals surface area contributed by atoms with Crippen LogP contribution in [-0.4, -0.2) is 17.8 Å². The van der Waals surface area contributed by atoms with Gasteiger partial charge in [-0.05, 0) is 19.4 Å². The van der Waals surface area contributed by atoms with Crippen molar-refractivity contribution in [2.24, 2.45) is 5.73 Å². The monoisotopic (exact) mass is 485 g/mol. The lowest BCUT2D eigenvalue weighted by Gasteiger charge is -2.03. The first-order valence-electron chi connectivity index (χ1n) is 15.3. The number of hydrogen-bond donors (Lipinski definition) is 2. The van der Waals surface area contributed by atoms with Crippen LogP contribution in [-0.2, 0) is 9.68 Å². The third kappa shape index (κ3) is 36.0. The summed E-state index contributed by atoms with van der Waals surface area (Å²) in [4.78, 5) is 14.3. The summed E-state index contributed by atoms with van der Waals surface area (Å²) < 4.78 is 0. The third-order valence-corrected chi connectivity index (χ3v) is 6.64. The Hall–Kier alpha value is -0.610. The Morgan fingerprint density at radius 1 is 0.500 bits per heavy atom. The average Bonchev–Trinajstić information content (AvgIpc) is 2.85. The second-order valence-electron chi connectivity index (χ2n) is 10.1. The molecule has 0 atom stereocenters. The van der Waals surface area contributed by atoms with Crippen molar-refractivity contribution in [3.63, 3.8) is 0 Å². The Labute approximate surface area is 214 Å². The Bertz CT molecular complexity index is 353. The maximum Gasteiger partial charge on any atom is 0.342 e. The van der Waals surface area contributed by atoms with Gasteiger partial charge in [-0.2, -0.15) is 5.26 Å². The maximum absolute atomic E-state index is 10.7. The highest BCUT2D eigenvalue weighted by Gasteiger charge is 2.00. The van der Waals surface area contributed by atoms with Crippen molar-refractivity contribution >= 4 is 5.97 Å². The summed E-state index contributed by atoms with van der Waals surface area (Å²) in [7, 11) is 0. The van der Waals surface area contributed by atoms with Crippen LogP contribution in [0, 0.1) is 0 Å². The Morgan fingerprint density at radius 2 is 0.765 bits per heavy atom. The first-order valence-corrected chi connectivity index (χ1v) is 15.3. The predicted molar refractivity (Wildman–Crippen MR) is 149 cm³/mol. The first kappa shape index (κ1) is 35.6. The van der Waals surface area contributed by atoms with E-state index in [4.69, 9.17) is 11.0 Å². The summed E-state index contributed by atoms with van der Waals surface area (Å²) in [5.41, 5.74) is 5.42. The molecule has 0 radical (unpaired) electrons. The normalized spacial score (nSPS) is 10.7. The van der Waals surface area contributed by atoms with E-state index >= 15 is 0 Å². The average molecular weight is 486 g/mol. The minimum Gasteiger partial charge on any atom is -0.330 e. The largest absolute Gasteiger partial charge is 0.342 e. The molecule has 0 aliphatic rings. The number of carbonyl (C=O) groups is 1. The molecule has 0 saturated heterocycles. The van der Waals surface area contributed by atoms with E-state index in [9.17, 15) is 4.79 Å². The molecule has 0 aliphatic heterocycles. The molecule has 0 bridgehead atoms. The van der Waals surface area contributed by atoms with Crippen molar-refractivity contribution in [1.82, 2.24) is 0 Å². The summed E-state index contributed by atoms with van der Waals surface area (Å²) in [6.45, 7) is 5.41. The molecule has 0 heterocycles. The van der Waals surface area contributed by atoms with E-state index in [2.05, 4.69) is 18.7 Å². The molecule has 0 saturated carbocycles. The van der Waals surface area contributed by atoms with Gasteiger partial charge in [-0.15, -0.1) is 0 Å². The molecule has 0 fully saturated rings. The van der Waals surface area contributed by atoms with Crippen LogP contribution in [0.1, 0.15) is 181 Å². The highest BCUT2D eigenvalue weighted by atomic mass is 17.1. The second kappa shape index (κ2) is 34.6. The predicted octanol–water partition coefficient (Wildman–Crippen LogP) is 10.1. The molecule has 0 aliphatic carbocycles. The molecule has 4 nitrogen and oxygen atoms in total. The van der Waals surface area contributed by atoms with Crippen LogP contribution in [0.2, 0.25) is 0 Å². The number of hydrogen-bond acceptors (Lipinski definition) is 4. The molecule has 34 heavy (non-hydrogen) atoms. The van der Waals surface area contributed by atoms with E-state index in [-0.39, 0.29) is 0 Å². The van der Waals surface area contributed by atoms with E-state index in [1.165, 1.54) is 148 Å². The zero-order chi connectivity index (χ0) is 25.4. The minimum absolute atomic E-state index is 0.342. The van der Waals surface area contributed by atoms with Crippen molar-refractivity contribution in [2.45, 2.75) is 181 Å². The first-order chi connectivity index (χ1) is 16.7. The van der Waals surface area contributed by atoms with E-state index < -0.39 is 5.97 Å². The molecule has 0 unspecified atom stereocenters. The van der Waals surface area contributed by atoms with Gasteiger partial charge in [0, 0.05) is 6.42 Å². The topological polar surface area (TPSA) is 72.5 Å². The van der Waals surface area contributed by atoms with Crippen LogP contribution in [0.5, 0.6) is 0 Å². The molecule has 3 N–H and O–H groups in total. The quantitative estimate of drug-likeness (QED) is 0.0726. The molecular formula is C30H63NO3. The van der Waals surface area contributed by atoms with Gasteiger partial charge in [0.05, 0.1) is 0 Å². The van der Waals surface area contributed by atoms with Crippen molar-refractivity contribution in [3.8, 4) is 0 Å². The third-order valence-electron chi connectivity index (χ3n) is 6.64. The van der Waals surface area contributed by atoms with Gasteiger partial charge >= 0.3 is 5.97 Å². The standard InChI is InChI=1S/C18H36O3.C12H27N/c1-2-3-4-5-6-7-8-9-10-11-12-13-14-15-16-17-18(19)21-20;1-2-3-4-5-6-7-8-9-10-11-12-13/h20H,2-17H2,1H3;2-13H2,1H3.